The van der Waals surface area contributed by atoms with E-state index in [1.54, 1.807) is 6.20 Å². The lowest BCUT2D eigenvalue weighted by Gasteiger charge is -2.17. The molecule has 130 valence electrons. The van der Waals surface area contributed by atoms with Gasteiger partial charge in [-0.1, -0.05) is 32.0 Å². The number of benzene rings is 1. The minimum atomic E-state index is 0.436. The molecule has 2 aromatic rings. The third-order valence-corrected chi connectivity index (χ3v) is 3.80. The lowest BCUT2D eigenvalue weighted by Crippen LogP contribution is -2.17. The third-order valence-electron chi connectivity index (χ3n) is 3.80. The summed E-state index contributed by atoms with van der Waals surface area (Å²) in [5.74, 6) is 1.69. The summed E-state index contributed by atoms with van der Waals surface area (Å²) in [6.07, 6.45) is 2.69. The van der Waals surface area contributed by atoms with Crippen LogP contribution >= 0.6 is 0 Å². The largest absolute Gasteiger partial charge is 0.353 e. The van der Waals surface area contributed by atoms with Crippen molar-refractivity contribution in [3.05, 3.63) is 35.5 Å². The van der Waals surface area contributed by atoms with Crippen LogP contribution in [0.15, 0.2) is 24.4 Å². The Kier molecular flexibility index (Phi) is 6.49. The Hall–Kier alpha value is -2.21. The second-order valence-corrected chi connectivity index (χ2v) is 6.57. The zero-order valence-electron chi connectivity index (χ0n) is 15.3. The van der Waals surface area contributed by atoms with Crippen LogP contribution in [0.1, 0.15) is 37.3 Å². The molecular weight excluding hydrogens is 300 g/mol. The number of rotatable bonds is 8. The molecule has 0 aliphatic heterocycles. The van der Waals surface area contributed by atoms with Crippen LogP contribution in [0.4, 0.5) is 17.5 Å². The molecule has 0 saturated carbocycles. The van der Waals surface area contributed by atoms with Crippen molar-refractivity contribution in [1.82, 2.24) is 20.1 Å². The first kappa shape index (κ1) is 18.1. The smallest absolute Gasteiger partial charge is 0.244 e. The molecule has 0 aliphatic rings. The van der Waals surface area contributed by atoms with Gasteiger partial charge in [0, 0.05) is 12.2 Å². The summed E-state index contributed by atoms with van der Waals surface area (Å²) in [4.78, 5) is 6.67. The van der Waals surface area contributed by atoms with Gasteiger partial charge in [0.1, 0.15) is 0 Å². The van der Waals surface area contributed by atoms with Gasteiger partial charge in [0.15, 0.2) is 5.82 Å². The van der Waals surface area contributed by atoms with E-state index < -0.39 is 0 Å². The highest BCUT2D eigenvalue weighted by atomic mass is 15.3. The molecule has 0 aliphatic carbocycles. The quantitative estimate of drug-likeness (QED) is 0.724. The van der Waals surface area contributed by atoms with Gasteiger partial charge in [-0.3, -0.25) is 0 Å². The van der Waals surface area contributed by atoms with Gasteiger partial charge in [0.2, 0.25) is 5.95 Å². The summed E-state index contributed by atoms with van der Waals surface area (Å²) in [5.41, 5.74) is 3.57. The van der Waals surface area contributed by atoms with Crippen LogP contribution in [0.25, 0.3) is 0 Å². The number of para-hydroxylation sites is 1. The van der Waals surface area contributed by atoms with Crippen LogP contribution in [0.2, 0.25) is 0 Å². The van der Waals surface area contributed by atoms with Crippen molar-refractivity contribution in [2.75, 3.05) is 37.8 Å². The minimum Gasteiger partial charge on any atom is -0.353 e. The molecule has 0 radical (unpaired) electrons. The Morgan fingerprint density at radius 3 is 2.71 bits per heavy atom. The van der Waals surface area contributed by atoms with E-state index in [1.807, 2.05) is 0 Å². The lowest BCUT2D eigenvalue weighted by atomic mass is 9.98. The standard InChI is InChI=1S/C18H28N6/c1-13(2)15-9-6-8-14(3)17(15)21-16-12-20-23-18(22-16)19-10-7-11-24(4)5/h6,8-9,12-13H,7,10-11H2,1-5H3,(H2,19,21,22,23). The van der Waals surface area contributed by atoms with Gasteiger partial charge in [-0.05, 0) is 51.0 Å². The predicted octanol–water partition coefficient (Wildman–Crippen LogP) is 3.41. The number of nitrogens with one attached hydrogen (secondary N) is 2. The average Bonchev–Trinajstić information content (AvgIpc) is 2.53. The van der Waals surface area contributed by atoms with Crippen molar-refractivity contribution in [3.63, 3.8) is 0 Å². The van der Waals surface area contributed by atoms with Gasteiger partial charge in [-0.2, -0.15) is 10.1 Å². The van der Waals surface area contributed by atoms with E-state index in [0.29, 0.717) is 17.7 Å². The van der Waals surface area contributed by atoms with E-state index in [2.05, 4.69) is 83.8 Å². The van der Waals surface area contributed by atoms with Crippen LogP contribution in [0.5, 0.6) is 0 Å². The number of hydrogen-bond donors (Lipinski definition) is 2. The van der Waals surface area contributed by atoms with Crippen LogP contribution in [0.3, 0.4) is 0 Å². The maximum absolute atomic E-state index is 4.52. The van der Waals surface area contributed by atoms with Gasteiger partial charge >= 0.3 is 0 Å². The molecule has 6 nitrogen and oxygen atoms in total. The first-order valence-electron chi connectivity index (χ1n) is 8.42. The molecular formula is C18H28N6. The molecule has 0 amide bonds. The Labute approximate surface area is 144 Å². The molecule has 0 atom stereocenters. The van der Waals surface area contributed by atoms with E-state index >= 15 is 0 Å². The monoisotopic (exact) mass is 328 g/mol. The molecule has 0 unspecified atom stereocenters. The Morgan fingerprint density at radius 2 is 2.00 bits per heavy atom. The van der Waals surface area contributed by atoms with Crippen molar-refractivity contribution >= 4 is 17.5 Å². The SMILES string of the molecule is Cc1cccc(C(C)C)c1Nc1cnnc(NCCCN(C)C)n1. The summed E-state index contributed by atoms with van der Waals surface area (Å²) >= 11 is 0. The van der Waals surface area contributed by atoms with Crippen LogP contribution in [-0.2, 0) is 0 Å². The van der Waals surface area contributed by atoms with Gasteiger partial charge in [-0.25, -0.2) is 0 Å². The van der Waals surface area contributed by atoms with Crippen molar-refractivity contribution in [3.8, 4) is 0 Å². The summed E-state index contributed by atoms with van der Waals surface area (Å²) < 4.78 is 0. The number of nitrogens with zero attached hydrogens (tertiary/aromatic N) is 4. The number of hydrogen-bond acceptors (Lipinski definition) is 6. The van der Waals surface area contributed by atoms with E-state index in [1.165, 1.54) is 11.1 Å². The third kappa shape index (κ3) is 5.16. The van der Waals surface area contributed by atoms with Gasteiger partial charge < -0.3 is 15.5 Å². The first-order valence-corrected chi connectivity index (χ1v) is 8.42. The van der Waals surface area contributed by atoms with Gasteiger partial charge in [0.25, 0.3) is 0 Å². The molecule has 0 saturated heterocycles. The molecule has 1 aromatic heterocycles. The highest BCUT2D eigenvalue weighted by Crippen LogP contribution is 2.29. The number of aromatic nitrogens is 3. The molecule has 6 heteroatoms. The fourth-order valence-corrected chi connectivity index (χ4v) is 2.50. The van der Waals surface area contributed by atoms with Crippen molar-refractivity contribution in [1.29, 1.82) is 0 Å². The lowest BCUT2D eigenvalue weighted by molar-refractivity contribution is 0.405. The topological polar surface area (TPSA) is 66.0 Å². The predicted molar refractivity (Wildman–Crippen MR) is 100 cm³/mol. The molecule has 2 rings (SSSR count). The van der Waals surface area contributed by atoms with Crippen LogP contribution in [0, 0.1) is 6.92 Å². The van der Waals surface area contributed by atoms with Crippen molar-refractivity contribution in [2.24, 2.45) is 0 Å². The van der Waals surface area contributed by atoms with E-state index in [9.17, 15) is 0 Å². The molecule has 2 N–H and O–H groups in total. The highest BCUT2D eigenvalue weighted by Gasteiger charge is 2.10. The maximum atomic E-state index is 4.52. The Bertz CT molecular complexity index is 654. The zero-order chi connectivity index (χ0) is 17.5. The fourth-order valence-electron chi connectivity index (χ4n) is 2.50. The summed E-state index contributed by atoms with van der Waals surface area (Å²) in [7, 11) is 4.13. The summed E-state index contributed by atoms with van der Waals surface area (Å²) in [6, 6.07) is 6.34. The van der Waals surface area contributed by atoms with Gasteiger partial charge in [0.05, 0.1) is 6.20 Å². The number of aryl methyl sites for hydroxylation is 1. The van der Waals surface area contributed by atoms with E-state index in [-0.39, 0.29) is 0 Å². The Balaban J connectivity index is 2.07. The fraction of sp³-hybridized carbons (Fsp3) is 0.500. The van der Waals surface area contributed by atoms with Crippen LogP contribution < -0.4 is 10.6 Å². The second kappa shape index (κ2) is 8.59. The van der Waals surface area contributed by atoms with E-state index in [0.717, 1.165) is 25.2 Å². The minimum absolute atomic E-state index is 0.436. The van der Waals surface area contributed by atoms with Gasteiger partial charge in [-0.15, -0.1) is 5.10 Å². The molecule has 1 heterocycles. The maximum Gasteiger partial charge on any atom is 0.244 e. The molecule has 24 heavy (non-hydrogen) atoms. The summed E-state index contributed by atoms with van der Waals surface area (Å²) in [5, 5.41) is 14.7. The second-order valence-electron chi connectivity index (χ2n) is 6.57. The normalized spacial score (nSPS) is 11.1. The molecule has 0 bridgehead atoms. The Morgan fingerprint density at radius 1 is 1.21 bits per heavy atom. The molecule has 0 spiro atoms. The van der Waals surface area contributed by atoms with Crippen molar-refractivity contribution < 1.29 is 0 Å². The number of anilines is 3. The summed E-state index contributed by atoms with van der Waals surface area (Å²) in [6.45, 7) is 8.33. The zero-order valence-corrected chi connectivity index (χ0v) is 15.3. The van der Waals surface area contributed by atoms with Crippen LogP contribution in [-0.4, -0.2) is 47.3 Å². The highest BCUT2D eigenvalue weighted by molar-refractivity contribution is 5.65. The molecule has 0 fully saturated rings. The van der Waals surface area contributed by atoms with Crippen molar-refractivity contribution in [2.45, 2.75) is 33.1 Å². The molecule has 1 aromatic carbocycles. The first-order chi connectivity index (χ1) is 11.5. The average molecular weight is 328 g/mol. The van der Waals surface area contributed by atoms with E-state index in [4.69, 9.17) is 0 Å².